The zero-order valence-electron chi connectivity index (χ0n) is 17.5. The smallest absolute Gasteiger partial charge is 0.371 e. The van der Waals surface area contributed by atoms with Crippen LogP contribution in [-0.2, 0) is 0 Å². The fraction of sp³-hybridized carbons (Fsp3) is 0.0741. The number of furan rings is 2. The van der Waals surface area contributed by atoms with E-state index in [1.807, 2.05) is 47.9 Å². The second-order valence-corrected chi connectivity index (χ2v) is 7.52. The van der Waals surface area contributed by atoms with Crippen molar-refractivity contribution in [3.05, 3.63) is 101 Å². The summed E-state index contributed by atoms with van der Waals surface area (Å²) in [5.41, 5.74) is 3.62. The molecule has 3 aromatic heterocycles. The van der Waals surface area contributed by atoms with E-state index in [1.54, 1.807) is 6.07 Å². The number of fused-ring (bicyclic) bond motifs is 1. The summed E-state index contributed by atoms with van der Waals surface area (Å²) in [6, 6.07) is 14.9. The molecule has 0 atom stereocenters. The van der Waals surface area contributed by atoms with Crippen LogP contribution in [0.1, 0.15) is 23.9 Å². The average Bonchev–Trinajstić information content (AvgIpc) is 3.46. The van der Waals surface area contributed by atoms with Crippen molar-refractivity contribution < 1.29 is 18.7 Å². The number of aromatic carboxylic acids is 1. The second-order valence-electron chi connectivity index (χ2n) is 7.52. The van der Waals surface area contributed by atoms with Crippen molar-refractivity contribution in [3.63, 3.8) is 0 Å². The van der Waals surface area contributed by atoms with Crippen molar-refractivity contribution >= 4 is 29.1 Å². The first-order valence-electron chi connectivity index (χ1n) is 10.3. The van der Waals surface area contributed by atoms with Crippen LogP contribution in [0.4, 0.5) is 0 Å². The van der Waals surface area contributed by atoms with E-state index in [0.717, 1.165) is 39.4 Å². The number of allylic oxidation sites excluding steroid dienone is 6. The van der Waals surface area contributed by atoms with Gasteiger partial charge in [-0.15, -0.1) is 0 Å². The monoisotopic (exact) mass is 423 g/mol. The Bertz CT molecular complexity index is 1520. The fourth-order valence-electron chi connectivity index (χ4n) is 4.03. The molecular weight excluding hydrogens is 402 g/mol. The number of carbonyl (C=O) groups is 1. The van der Waals surface area contributed by atoms with Crippen LogP contribution in [0.15, 0.2) is 93.3 Å². The molecule has 3 heterocycles. The van der Waals surface area contributed by atoms with Gasteiger partial charge in [0.2, 0.25) is 11.6 Å². The quantitative estimate of drug-likeness (QED) is 0.491. The van der Waals surface area contributed by atoms with E-state index in [-0.39, 0.29) is 5.76 Å². The van der Waals surface area contributed by atoms with Crippen molar-refractivity contribution in [2.45, 2.75) is 13.3 Å². The number of hydrogen-bond donors (Lipinski definition) is 1. The minimum absolute atomic E-state index is 0.135. The number of para-hydroxylation sites is 1. The maximum Gasteiger partial charge on any atom is 0.371 e. The number of nitrogens with zero attached hydrogens (tertiary/aromatic N) is 1. The zero-order chi connectivity index (χ0) is 22.2. The molecule has 0 unspecified atom stereocenters. The highest BCUT2D eigenvalue weighted by Crippen LogP contribution is 2.29. The standard InChI is InChI=1S/C27H21NO4/c1-3-18-9-5-4-6-11-20(18)21-16-22(25-15-19-10-7-8-12-23(19)31-25)28(17(21)2)26-14-13-24(32-26)27(29)30/h3,5-16H,2,4H2,1H3,(H,29,30)/b18-3-,21-20-. The predicted molar refractivity (Wildman–Crippen MR) is 125 cm³/mol. The summed E-state index contributed by atoms with van der Waals surface area (Å²) in [5, 5.41) is 11.9. The Hall–Kier alpha value is -4.25. The van der Waals surface area contributed by atoms with E-state index in [2.05, 4.69) is 37.0 Å². The molecule has 0 aliphatic heterocycles. The highest BCUT2D eigenvalue weighted by Gasteiger charge is 2.19. The molecule has 5 rings (SSSR count). The van der Waals surface area contributed by atoms with Crippen molar-refractivity contribution in [1.82, 2.24) is 4.57 Å². The van der Waals surface area contributed by atoms with Crippen LogP contribution in [0.25, 0.3) is 40.5 Å². The van der Waals surface area contributed by atoms with Gasteiger partial charge in [-0.05, 0) is 48.8 Å². The molecule has 0 saturated heterocycles. The van der Waals surface area contributed by atoms with Crippen LogP contribution in [0.5, 0.6) is 0 Å². The molecule has 1 aliphatic carbocycles. The fourth-order valence-corrected chi connectivity index (χ4v) is 4.03. The van der Waals surface area contributed by atoms with Gasteiger partial charge in [-0.2, -0.15) is 0 Å². The SMILES string of the molecule is C=c1/c(=C2/C=CCC=C/C2=C/C)cc(-c2cc3ccccc3o2)n1-c1ccc(C(=O)O)o1. The summed E-state index contributed by atoms with van der Waals surface area (Å²) in [5.74, 6) is -0.248. The molecule has 1 aliphatic rings. The zero-order valence-corrected chi connectivity index (χ0v) is 17.5. The van der Waals surface area contributed by atoms with Gasteiger partial charge in [-0.25, -0.2) is 4.79 Å². The maximum atomic E-state index is 11.4. The van der Waals surface area contributed by atoms with Crippen LogP contribution in [-0.4, -0.2) is 15.6 Å². The molecular formula is C27H21NO4. The number of rotatable bonds is 3. The third-order valence-corrected chi connectivity index (χ3v) is 5.57. The molecule has 1 N–H and O–H groups in total. The molecule has 0 bridgehead atoms. The molecule has 158 valence electrons. The van der Waals surface area contributed by atoms with E-state index in [9.17, 15) is 9.90 Å². The molecule has 0 amide bonds. The van der Waals surface area contributed by atoms with Gasteiger partial charge in [-0.1, -0.05) is 55.2 Å². The molecule has 4 aromatic rings. The van der Waals surface area contributed by atoms with Crippen molar-refractivity contribution in [2.75, 3.05) is 0 Å². The Morgan fingerprint density at radius 1 is 1.09 bits per heavy atom. The maximum absolute atomic E-state index is 11.4. The van der Waals surface area contributed by atoms with Crippen molar-refractivity contribution in [2.24, 2.45) is 0 Å². The van der Waals surface area contributed by atoms with Gasteiger partial charge in [0.25, 0.3) is 0 Å². The highest BCUT2D eigenvalue weighted by molar-refractivity contribution is 5.85. The molecule has 32 heavy (non-hydrogen) atoms. The molecule has 0 fully saturated rings. The summed E-state index contributed by atoms with van der Waals surface area (Å²) >= 11 is 0. The summed E-state index contributed by atoms with van der Waals surface area (Å²) in [7, 11) is 0. The number of benzene rings is 1. The van der Waals surface area contributed by atoms with E-state index in [0.29, 0.717) is 17.0 Å². The number of carboxylic acids is 1. The van der Waals surface area contributed by atoms with E-state index >= 15 is 0 Å². The van der Waals surface area contributed by atoms with Crippen LogP contribution in [0.2, 0.25) is 0 Å². The van der Waals surface area contributed by atoms with Crippen LogP contribution >= 0.6 is 0 Å². The first-order chi connectivity index (χ1) is 15.6. The first-order valence-corrected chi connectivity index (χ1v) is 10.3. The molecule has 1 aromatic carbocycles. The lowest BCUT2D eigenvalue weighted by molar-refractivity contribution is 0.0662. The number of carboxylic acid groups (broad SMARTS) is 1. The molecule has 0 spiro atoms. The summed E-state index contributed by atoms with van der Waals surface area (Å²) < 4.78 is 13.6. The Morgan fingerprint density at radius 3 is 2.66 bits per heavy atom. The van der Waals surface area contributed by atoms with E-state index in [1.165, 1.54) is 6.07 Å². The Balaban J connectivity index is 1.85. The van der Waals surface area contributed by atoms with Gasteiger partial charge in [0.1, 0.15) is 5.58 Å². The van der Waals surface area contributed by atoms with Gasteiger partial charge < -0.3 is 13.9 Å². The van der Waals surface area contributed by atoms with Gasteiger partial charge in [0.15, 0.2) is 5.76 Å². The largest absolute Gasteiger partial charge is 0.475 e. The van der Waals surface area contributed by atoms with Crippen LogP contribution in [0.3, 0.4) is 0 Å². The topological polar surface area (TPSA) is 68.5 Å². The van der Waals surface area contributed by atoms with Crippen LogP contribution in [0, 0.1) is 0 Å². The third-order valence-electron chi connectivity index (χ3n) is 5.57. The Morgan fingerprint density at radius 2 is 1.91 bits per heavy atom. The molecule has 5 nitrogen and oxygen atoms in total. The lowest BCUT2D eigenvalue weighted by atomic mass is 10.0. The normalized spacial score (nSPS) is 16.7. The Labute approximate surface area is 184 Å². The van der Waals surface area contributed by atoms with Gasteiger partial charge >= 0.3 is 5.97 Å². The molecule has 5 heteroatoms. The third kappa shape index (κ3) is 3.24. The average molecular weight is 423 g/mol. The van der Waals surface area contributed by atoms with Crippen molar-refractivity contribution in [3.8, 4) is 17.3 Å². The van der Waals surface area contributed by atoms with Crippen LogP contribution < -0.4 is 10.6 Å². The van der Waals surface area contributed by atoms with Crippen molar-refractivity contribution in [1.29, 1.82) is 0 Å². The van der Waals surface area contributed by atoms with Gasteiger partial charge in [-0.3, -0.25) is 4.57 Å². The lowest BCUT2D eigenvalue weighted by Gasteiger charge is -2.04. The van der Waals surface area contributed by atoms with E-state index in [4.69, 9.17) is 8.83 Å². The number of aromatic nitrogens is 1. The second kappa shape index (κ2) is 7.78. The Kier molecular flexibility index (Phi) is 4.79. The minimum atomic E-state index is -1.12. The van der Waals surface area contributed by atoms with E-state index < -0.39 is 5.97 Å². The first kappa shape index (κ1) is 19.7. The summed E-state index contributed by atoms with van der Waals surface area (Å²) in [4.78, 5) is 11.4. The van der Waals surface area contributed by atoms with Gasteiger partial charge in [0.05, 0.1) is 5.69 Å². The lowest BCUT2D eigenvalue weighted by Crippen LogP contribution is -2.28. The summed E-state index contributed by atoms with van der Waals surface area (Å²) in [6.07, 6.45) is 11.3. The highest BCUT2D eigenvalue weighted by atomic mass is 16.4. The number of hydrogen-bond acceptors (Lipinski definition) is 3. The summed E-state index contributed by atoms with van der Waals surface area (Å²) in [6.45, 7) is 6.34. The van der Waals surface area contributed by atoms with Gasteiger partial charge in [0, 0.05) is 22.0 Å². The minimum Gasteiger partial charge on any atom is -0.475 e. The predicted octanol–water partition coefficient (Wildman–Crippen LogP) is 5.21. The molecule has 0 saturated carbocycles. The molecule has 0 radical (unpaired) electrons.